The second kappa shape index (κ2) is 12.0. The first-order valence-electron chi connectivity index (χ1n) is 12.2. The largest absolute Gasteiger partial charge is 0.493 e. The number of nitrogens with zero attached hydrogens (tertiary/aromatic N) is 3. The minimum Gasteiger partial charge on any atom is -0.493 e. The highest BCUT2D eigenvalue weighted by atomic mass is 35.5. The summed E-state index contributed by atoms with van der Waals surface area (Å²) in [5.74, 6) is 0.179. The van der Waals surface area contributed by atoms with Crippen molar-refractivity contribution in [1.29, 1.82) is 0 Å². The number of fused-ring (bicyclic) bond motifs is 1. The predicted molar refractivity (Wildman–Crippen MR) is 150 cm³/mol. The van der Waals surface area contributed by atoms with Crippen LogP contribution in [0.15, 0.2) is 48.9 Å². The Bertz CT molecular complexity index is 1500. The highest BCUT2D eigenvalue weighted by Gasteiger charge is 2.27. The molecule has 1 amide bonds. The van der Waals surface area contributed by atoms with Crippen LogP contribution in [0.2, 0.25) is 5.02 Å². The van der Waals surface area contributed by atoms with Crippen LogP contribution >= 0.6 is 11.6 Å². The molecule has 0 saturated carbocycles. The molecule has 0 saturated heterocycles. The highest BCUT2D eigenvalue weighted by Crippen LogP contribution is 2.38. The third-order valence-electron chi connectivity index (χ3n) is 6.04. The first kappa shape index (κ1) is 27.7. The minimum absolute atomic E-state index is 0.192. The van der Waals surface area contributed by atoms with Crippen molar-refractivity contribution in [2.24, 2.45) is 5.92 Å². The van der Waals surface area contributed by atoms with Gasteiger partial charge in [-0.1, -0.05) is 31.5 Å². The van der Waals surface area contributed by atoms with Crippen molar-refractivity contribution >= 4 is 45.9 Å². The molecule has 1 aromatic carbocycles. The van der Waals surface area contributed by atoms with E-state index in [2.05, 4.69) is 20.6 Å². The van der Waals surface area contributed by atoms with Crippen LogP contribution in [0, 0.1) is 5.92 Å². The molecule has 0 aliphatic heterocycles. The Morgan fingerprint density at radius 2 is 1.90 bits per heavy atom. The molecule has 0 atom stereocenters. The summed E-state index contributed by atoms with van der Waals surface area (Å²) in [7, 11) is 4.38. The fourth-order valence-corrected chi connectivity index (χ4v) is 4.55. The van der Waals surface area contributed by atoms with E-state index in [0.29, 0.717) is 57.6 Å². The van der Waals surface area contributed by atoms with Gasteiger partial charge in [-0.05, 0) is 35.7 Å². The number of ether oxygens (including phenoxy) is 3. The zero-order valence-electron chi connectivity index (χ0n) is 22.4. The maximum absolute atomic E-state index is 13.1. The smallest absolute Gasteiger partial charge is 0.356 e. The maximum Gasteiger partial charge on any atom is 0.356 e. The number of hydrogen-bond acceptors (Lipinski definition) is 8. The quantitative estimate of drug-likeness (QED) is 0.251. The van der Waals surface area contributed by atoms with Crippen molar-refractivity contribution in [3.05, 3.63) is 70.8 Å². The molecule has 0 spiro atoms. The van der Waals surface area contributed by atoms with Crippen molar-refractivity contribution in [3.8, 4) is 11.5 Å². The lowest BCUT2D eigenvalue weighted by molar-refractivity contribution is 0.0589. The number of amides is 1. The first-order valence-corrected chi connectivity index (χ1v) is 12.6. The fourth-order valence-electron chi connectivity index (χ4n) is 4.25. The second-order valence-electron chi connectivity index (χ2n) is 9.14. The van der Waals surface area contributed by atoms with Gasteiger partial charge in [0.05, 0.1) is 49.5 Å². The molecule has 3 heterocycles. The van der Waals surface area contributed by atoms with E-state index in [1.54, 1.807) is 42.3 Å². The average Bonchev–Trinajstić information content (AvgIpc) is 3.23. The summed E-state index contributed by atoms with van der Waals surface area (Å²) in [4.78, 5) is 34.8. The van der Waals surface area contributed by atoms with E-state index in [-0.39, 0.29) is 11.6 Å². The van der Waals surface area contributed by atoms with Gasteiger partial charge in [0.15, 0.2) is 17.2 Å². The van der Waals surface area contributed by atoms with Gasteiger partial charge in [-0.3, -0.25) is 9.78 Å². The van der Waals surface area contributed by atoms with Crippen molar-refractivity contribution in [1.82, 2.24) is 14.5 Å². The number of anilines is 2. The van der Waals surface area contributed by atoms with E-state index < -0.39 is 11.9 Å². The summed E-state index contributed by atoms with van der Waals surface area (Å²) >= 11 is 6.55. The lowest BCUT2D eigenvalue weighted by atomic mass is 10.2. The van der Waals surface area contributed by atoms with Crippen LogP contribution in [-0.4, -0.2) is 47.7 Å². The number of hydrogen-bond donors (Lipinski definition) is 2. The summed E-state index contributed by atoms with van der Waals surface area (Å²) in [6.45, 7) is 4.91. The second-order valence-corrected chi connectivity index (χ2v) is 9.52. The summed E-state index contributed by atoms with van der Waals surface area (Å²) < 4.78 is 17.6. The Labute approximate surface area is 231 Å². The molecule has 0 aliphatic carbocycles. The summed E-state index contributed by atoms with van der Waals surface area (Å²) in [5, 5.41) is 7.22. The highest BCUT2D eigenvalue weighted by molar-refractivity contribution is 6.33. The van der Waals surface area contributed by atoms with Crippen LogP contribution < -0.4 is 20.1 Å². The molecule has 2 N–H and O–H groups in total. The van der Waals surface area contributed by atoms with Gasteiger partial charge in [-0.2, -0.15) is 0 Å². The Morgan fingerprint density at radius 1 is 1.10 bits per heavy atom. The van der Waals surface area contributed by atoms with Crippen LogP contribution in [0.4, 0.5) is 11.4 Å². The molecule has 0 radical (unpaired) electrons. The molecule has 0 fully saturated rings. The van der Waals surface area contributed by atoms with Crippen LogP contribution in [-0.2, 0) is 17.8 Å². The molecule has 4 aromatic rings. The Hall–Kier alpha value is -4.31. The molecule has 11 heteroatoms. The first-order chi connectivity index (χ1) is 18.8. The van der Waals surface area contributed by atoms with Gasteiger partial charge >= 0.3 is 5.97 Å². The molecule has 0 unspecified atom stereocenters. The molecular weight excluding hydrogens is 522 g/mol. The van der Waals surface area contributed by atoms with Crippen molar-refractivity contribution in [3.63, 3.8) is 0 Å². The number of benzene rings is 1. The monoisotopic (exact) mass is 551 g/mol. The zero-order valence-corrected chi connectivity index (χ0v) is 23.1. The van der Waals surface area contributed by atoms with Crippen LogP contribution in [0.25, 0.3) is 11.0 Å². The van der Waals surface area contributed by atoms with Gasteiger partial charge in [-0.15, -0.1) is 0 Å². The fraction of sp³-hybridized carbons (Fsp3) is 0.286. The summed E-state index contributed by atoms with van der Waals surface area (Å²) in [5.41, 5.74) is 2.86. The molecule has 10 nitrogen and oxygen atoms in total. The van der Waals surface area contributed by atoms with Gasteiger partial charge in [0, 0.05) is 30.9 Å². The number of carbonyl (C=O) groups excluding carboxylic acids is 2. The Morgan fingerprint density at radius 3 is 2.54 bits per heavy atom. The lowest BCUT2D eigenvalue weighted by Gasteiger charge is -2.14. The van der Waals surface area contributed by atoms with E-state index in [1.807, 2.05) is 26.0 Å². The number of methoxy groups -OCH3 is 3. The number of pyridine rings is 2. The van der Waals surface area contributed by atoms with Crippen molar-refractivity contribution in [2.45, 2.75) is 26.9 Å². The van der Waals surface area contributed by atoms with Crippen molar-refractivity contribution < 1.29 is 23.8 Å². The number of esters is 1. The number of rotatable bonds is 10. The number of nitrogens with one attached hydrogen (secondary N) is 2. The van der Waals surface area contributed by atoms with Crippen LogP contribution in [0.3, 0.4) is 0 Å². The van der Waals surface area contributed by atoms with E-state index in [1.165, 1.54) is 20.4 Å². The zero-order chi connectivity index (χ0) is 28.1. The standard InChI is InChI=1S/C28H30ClN5O5/c1-16(2)15-34-24(28(36)39-5)23(33-27(35)18-7-6-10-30-12-18)20-11-19(14-32-26(20)34)31-13-17-8-9-21(37-3)25(38-4)22(17)29/h6-12,14,16,31H,13,15H2,1-5H3,(H,33,35). The number of halogens is 1. The Kier molecular flexibility index (Phi) is 8.55. The molecule has 204 valence electrons. The van der Waals surface area contributed by atoms with Gasteiger partial charge in [-0.25, -0.2) is 9.78 Å². The Balaban J connectivity index is 1.77. The minimum atomic E-state index is -0.582. The van der Waals surface area contributed by atoms with Gasteiger partial charge < -0.3 is 29.4 Å². The third kappa shape index (κ3) is 5.75. The van der Waals surface area contributed by atoms with E-state index in [9.17, 15) is 9.59 Å². The molecular formula is C28H30ClN5O5. The lowest BCUT2D eigenvalue weighted by Crippen LogP contribution is -2.18. The van der Waals surface area contributed by atoms with Crippen LogP contribution in [0.5, 0.6) is 11.5 Å². The van der Waals surface area contributed by atoms with Gasteiger partial charge in [0.25, 0.3) is 5.91 Å². The average molecular weight is 552 g/mol. The van der Waals surface area contributed by atoms with Crippen molar-refractivity contribution in [2.75, 3.05) is 32.0 Å². The number of aromatic nitrogens is 3. The molecule has 0 bridgehead atoms. The topological polar surface area (TPSA) is 117 Å². The molecule has 4 rings (SSSR count). The molecule has 0 aliphatic rings. The molecule has 39 heavy (non-hydrogen) atoms. The van der Waals surface area contributed by atoms with Gasteiger partial charge in [0.2, 0.25) is 0 Å². The normalized spacial score (nSPS) is 10.9. The van der Waals surface area contributed by atoms with E-state index >= 15 is 0 Å². The van der Waals surface area contributed by atoms with Crippen LogP contribution in [0.1, 0.15) is 40.3 Å². The number of carbonyl (C=O) groups is 2. The maximum atomic E-state index is 13.1. The third-order valence-corrected chi connectivity index (χ3v) is 6.45. The summed E-state index contributed by atoms with van der Waals surface area (Å²) in [6.07, 6.45) is 4.71. The van der Waals surface area contributed by atoms with E-state index in [0.717, 1.165) is 5.56 Å². The van der Waals surface area contributed by atoms with E-state index in [4.69, 9.17) is 25.8 Å². The summed E-state index contributed by atoms with van der Waals surface area (Å²) in [6, 6.07) is 8.77. The molecule has 3 aromatic heterocycles. The SMILES string of the molecule is COC(=O)c1c(NC(=O)c2cccnc2)c2cc(NCc3ccc(OC)c(OC)c3Cl)cnc2n1CC(C)C. The van der Waals surface area contributed by atoms with Gasteiger partial charge in [0.1, 0.15) is 5.65 Å². The predicted octanol–water partition coefficient (Wildman–Crippen LogP) is 5.41.